The van der Waals surface area contributed by atoms with Gasteiger partial charge in [-0.3, -0.25) is 4.79 Å². The molecule has 1 fully saturated rings. The number of allylic oxidation sites excluding steroid dienone is 2. The topological polar surface area (TPSA) is 65.7 Å². The van der Waals surface area contributed by atoms with Gasteiger partial charge in [0.05, 0.1) is 13.7 Å². The third-order valence-electron chi connectivity index (χ3n) is 6.84. The summed E-state index contributed by atoms with van der Waals surface area (Å²) in [6, 6.07) is 8.75. The maximum absolute atomic E-state index is 11.8. The molecular formula is C25H32O5. The van der Waals surface area contributed by atoms with Crippen LogP contribution >= 0.6 is 0 Å². The summed E-state index contributed by atoms with van der Waals surface area (Å²) in [7, 11) is 1.44. The third-order valence-corrected chi connectivity index (χ3v) is 6.84. The molecule has 1 aromatic carbocycles. The fourth-order valence-corrected chi connectivity index (χ4v) is 4.70. The van der Waals surface area contributed by atoms with Crippen molar-refractivity contribution in [2.24, 2.45) is 17.3 Å². The number of ether oxygens (including phenoxy) is 2. The Morgan fingerprint density at radius 1 is 1.23 bits per heavy atom. The number of carbonyl (C=O) groups excluding carboxylic acids is 1. The molecule has 5 nitrogen and oxygen atoms in total. The Kier molecular flexibility index (Phi) is 6.69. The largest absolute Gasteiger partial charge is 0.493 e. The van der Waals surface area contributed by atoms with Crippen LogP contribution in [0.2, 0.25) is 0 Å². The van der Waals surface area contributed by atoms with Crippen molar-refractivity contribution < 1.29 is 18.7 Å². The lowest BCUT2D eigenvalue weighted by molar-refractivity contribution is -0.141. The van der Waals surface area contributed by atoms with Crippen LogP contribution in [0.1, 0.15) is 53.4 Å². The van der Waals surface area contributed by atoms with E-state index in [9.17, 15) is 9.59 Å². The molecule has 1 heterocycles. The Labute approximate surface area is 178 Å². The first-order chi connectivity index (χ1) is 14.2. The molecule has 0 aliphatic heterocycles. The smallest absolute Gasteiger partial charge is 0.336 e. The van der Waals surface area contributed by atoms with Crippen molar-refractivity contribution in [3.63, 3.8) is 0 Å². The molecule has 0 radical (unpaired) electrons. The summed E-state index contributed by atoms with van der Waals surface area (Å²) in [6.45, 7) is 9.38. The van der Waals surface area contributed by atoms with E-state index in [0.717, 1.165) is 24.6 Å². The number of carbonyl (C=O) groups is 1. The van der Waals surface area contributed by atoms with Crippen molar-refractivity contribution in [1.29, 1.82) is 0 Å². The highest BCUT2D eigenvalue weighted by Crippen LogP contribution is 2.51. The number of hydrogen-bond acceptors (Lipinski definition) is 5. The highest BCUT2D eigenvalue weighted by molar-refractivity contribution is 5.77. The van der Waals surface area contributed by atoms with E-state index in [-0.39, 0.29) is 22.9 Å². The molecule has 0 unspecified atom stereocenters. The predicted octanol–water partition coefficient (Wildman–Crippen LogP) is 5.51. The normalized spacial score (nSPS) is 24.0. The van der Waals surface area contributed by atoms with Crippen molar-refractivity contribution in [3.8, 4) is 5.75 Å². The molecule has 5 heteroatoms. The molecule has 0 spiro atoms. The quantitative estimate of drug-likeness (QED) is 0.355. The lowest BCUT2D eigenvalue weighted by Crippen LogP contribution is -2.44. The summed E-state index contributed by atoms with van der Waals surface area (Å²) in [5, 5.41) is 0.863. The van der Waals surface area contributed by atoms with Crippen LogP contribution in [0.3, 0.4) is 0 Å². The molecule has 3 rings (SSSR count). The minimum absolute atomic E-state index is 0.120. The monoisotopic (exact) mass is 412 g/mol. The first-order valence-corrected chi connectivity index (χ1v) is 10.6. The van der Waals surface area contributed by atoms with Gasteiger partial charge in [0, 0.05) is 29.4 Å². The molecule has 0 N–H and O–H groups in total. The molecule has 1 aliphatic carbocycles. The molecule has 0 saturated heterocycles. The lowest BCUT2D eigenvalue weighted by Gasteiger charge is -2.48. The van der Waals surface area contributed by atoms with Crippen LogP contribution in [0, 0.1) is 17.3 Å². The highest BCUT2D eigenvalue weighted by atomic mass is 16.5. The van der Waals surface area contributed by atoms with E-state index in [1.54, 1.807) is 12.1 Å². The second-order valence-corrected chi connectivity index (χ2v) is 8.88. The number of fused-ring (bicyclic) bond motifs is 1. The average molecular weight is 413 g/mol. The van der Waals surface area contributed by atoms with Gasteiger partial charge in [0.1, 0.15) is 11.3 Å². The number of esters is 1. The summed E-state index contributed by atoms with van der Waals surface area (Å²) in [5.74, 6) is 1.21. The van der Waals surface area contributed by atoms with Crippen molar-refractivity contribution in [2.45, 2.75) is 53.4 Å². The van der Waals surface area contributed by atoms with Crippen LogP contribution in [0.5, 0.6) is 5.75 Å². The summed E-state index contributed by atoms with van der Waals surface area (Å²) in [6.07, 6.45) is 3.32. The zero-order chi connectivity index (χ0) is 21.9. The first-order valence-electron chi connectivity index (χ1n) is 10.6. The van der Waals surface area contributed by atoms with E-state index in [2.05, 4.69) is 27.7 Å². The molecule has 2 aromatic rings. The Balaban J connectivity index is 1.86. The lowest BCUT2D eigenvalue weighted by atomic mass is 9.58. The molecule has 0 amide bonds. The predicted molar refractivity (Wildman–Crippen MR) is 118 cm³/mol. The van der Waals surface area contributed by atoms with Crippen molar-refractivity contribution in [2.75, 3.05) is 13.7 Å². The number of rotatable bonds is 6. The summed E-state index contributed by atoms with van der Waals surface area (Å²) < 4.78 is 16.4. The number of hydrogen-bond donors (Lipinski definition) is 0. The van der Waals surface area contributed by atoms with Gasteiger partial charge in [-0.05, 0) is 63.1 Å². The summed E-state index contributed by atoms with van der Waals surface area (Å²) >= 11 is 0. The molecule has 162 valence electrons. The summed E-state index contributed by atoms with van der Waals surface area (Å²) in [5.41, 5.74) is 2.80. The molecule has 1 saturated carbocycles. The van der Waals surface area contributed by atoms with Crippen LogP contribution in [0.25, 0.3) is 11.0 Å². The fourth-order valence-electron chi connectivity index (χ4n) is 4.70. The second kappa shape index (κ2) is 9.07. The molecule has 30 heavy (non-hydrogen) atoms. The third kappa shape index (κ3) is 4.61. The Bertz CT molecular complexity index is 998. The van der Waals surface area contributed by atoms with E-state index < -0.39 is 0 Å². The van der Waals surface area contributed by atoms with Gasteiger partial charge in [0.2, 0.25) is 0 Å². The van der Waals surface area contributed by atoms with Crippen LogP contribution in [0.15, 0.2) is 50.7 Å². The van der Waals surface area contributed by atoms with E-state index >= 15 is 0 Å². The maximum Gasteiger partial charge on any atom is 0.336 e. The van der Waals surface area contributed by atoms with Crippen LogP contribution in [-0.4, -0.2) is 19.7 Å². The zero-order valence-corrected chi connectivity index (χ0v) is 18.6. The van der Waals surface area contributed by atoms with Crippen molar-refractivity contribution >= 4 is 16.9 Å². The zero-order valence-electron chi connectivity index (χ0n) is 18.6. The Hall–Kier alpha value is -2.56. The van der Waals surface area contributed by atoms with Gasteiger partial charge < -0.3 is 13.9 Å². The molecule has 1 aromatic heterocycles. The SMILES string of the molecule is COC(=O)CC[C@@H]1C(=C(C)C)CC[C@@H](C)[C@@]1(C)COc1ccc2ccc(=O)oc2c1. The average Bonchev–Trinajstić information content (AvgIpc) is 2.72. The first kappa shape index (κ1) is 22.1. The van der Waals surface area contributed by atoms with Crippen LogP contribution in [-0.2, 0) is 9.53 Å². The molecule has 1 aliphatic rings. The number of benzene rings is 1. The standard InChI is InChI=1S/C25H32O5/c1-16(2)20-10-6-17(3)25(4,21(20)11-13-23(26)28-5)15-29-19-9-7-18-8-12-24(27)30-22(18)14-19/h7-9,12,14,17,21H,6,10-11,13,15H2,1-5H3/t17-,21-,25-/m1/s1. The minimum Gasteiger partial charge on any atom is -0.493 e. The Morgan fingerprint density at radius 3 is 2.67 bits per heavy atom. The van der Waals surface area contributed by atoms with Gasteiger partial charge in [-0.1, -0.05) is 25.0 Å². The fraction of sp³-hybridized carbons (Fsp3) is 0.520. The second-order valence-electron chi connectivity index (χ2n) is 8.88. The van der Waals surface area contributed by atoms with Gasteiger partial charge in [0.15, 0.2) is 0 Å². The Morgan fingerprint density at radius 2 is 1.97 bits per heavy atom. The molecular weight excluding hydrogens is 380 g/mol. The van der Waals surface area contributed by atoms with E-state index in [0.29, 0.717) is 30.3 Å². The van der Waals surface area contributed by atoms with Crippen LogP contribution < -0.4 is 10.4 Å². The van der Waals surface area contributed by atoms with Gasteiger partial charge in [-0.25, -0.2) is 4.79 Å². The highest BCUT2D eigenvalue weighted by Gasteiger charge is 2.45. The van der Waals surface area contributed by atoms with Crippen LogP contribution in [0.4, 0.5) is 0 Å². The van der Waals surface area contributed by atoms with Gasteiger partial charge in [-0.2, -0.15) is 0 Å². The van der Waals surface area contributed by atoms with Gasteiger partial charge >= 0.3 is 11.6 Å². The number of methoxy groups -OCH3 is 1. The maximum atomic E-state index is 11.8. The van der Waals surface area contributed by atoms with E-state index in [1.165, 1.54) is 24.3 Å². The van der Waals surface area contributed by atoms with Gasteiger partial charge in [-0.15, -0.1) is 0 Å². The van der Waals surface area contributed by atoms with E-state index in [1.807, 2.05) is 12.1 Å². The minimum atomic E-state index is -0.372. The molecule has 0 bridgehead atoms. The summed E-state index contributed by atoms with van der Waals surface area (Å²) in [4.78, 5) is 23.4. The molecule has 3 atom stereocenters. The van der Waals surface area contributed by atoms with Gasteiger partial charge in [0.25, 0.3) is 0 Å². The van der Waals surface area contributed by atoms with Crippen molar-refractivity contribution in [1.82, 2.24) is 0 Å². The van der Waals surface area contributed by atoms with Crippen molar-refractivity contribution in [3.05, 3.63) is 51.9 Å². The van der Waals surface area contributed by atoms with E-state index in [4.69, 9.17) is 13.9 Å².